The highest BCUT2D eigenvalue weighted by Crippen LogP contribution is 2.26. The van der Waals surface area contributed by atoms with Crippen molar-refractivity contribution in [3.63, 3.8) is 0 Å². The number of hydrogen-bond donors (Lipinski definition) is 0. The molecule has 1 unspecified atom stereocenters. The summed E-state index contributed by atoms with van der Waals surface area (Å²) in [5.74, 6) is 1.12. The predicted molar refractivity (Wildman–Crippen MR) is 81.0 cm³/mol. The van der Waals surface area contributed by atoms with E-state index < -0.39 is 0 Å². The van der Waals surface area contributed by atoms with Crippen molar-refractivity contribution < 1.29 is 9.53 Å². The zero-order chi connectivity index (χ0) is 14.4. The van der Waals surface area contributed by atoms with Gasteiger partial charge in [0.25, 0.3) is 0 Å². The van der Waals surface area contributed by atoms with Gasteiger partial charge in [-0.1, -0.05) is 49.4 Å². The van der Waals surface area contributed by atoms with E-state index >= 15 is 0 Å². The third-order valence-electron chi connectivity index (χ3n) is 3.47. The number of aryl methyl sites for hydroxylation is 1. The standard InChI is InChI=1S/C18H20O2/c1-14(10-11-19)17-9-8-15(2)18(12-17)20-13-16-6-4-3-5-7-16/h3-9,11-12,14H,10,13H2,1-2H3. The van der Waals surface area contributed by atoms with Crippen LogP contribution in [-0.2, 0) is 11.4 Å². The molecule has 0 fully saturated rings. The Morgan fingerprint density at radius 3 is 2.60 bits per heavy atom. The van der Waals surface area contributed by atoms with Gasteiger partial charge >= 0.3 is 0 Å². The summed E-state index contributed by atoms with van der Waals surface area (Å²) < 4.78 is 5.90. The van der Waals surface area contributed by atoms with Gasteiger partial charge in [-0.3, -0.25) is 0 Å². The minimum atomic E-state index is 0.229. The van der Waals surface area contributed by atoms with E-state index in [4.69, 9.17) is 4.74 Å². The Kier molecular flexibility index (Phi) is 4.94. The molecule has 20 heavy (non-hydrogen) atoms. The second kappa shape index (κ2) is 6.90. The Bertz CT molecular complexity index is 561. The van der Waals surface area contributed by atoms with Crippen LogP contribution in [0.2, 0.25) is 0 Å². The van der Waals surface area contributed by atoms with E-state index in [9.17, 15) is 4.79 Å². The molecule has 2 heteroatoms. The molecule has 0 spiro atoms. The van der Waals surface area contributed by atoms with E-state index in [0.717, 1.165) is 28.7 Å². The average molecular weight is 268 g/mol. The van der Waals surface area contributed by atoms with Crippen LogP contribution in [0.5, 0.6) is 5.75 Å². The topological polar surface area (TPSA) is 26.3 Å². The monoisotopic (exact) mass is 268 g/mol. The summed E-state index contributed by atoms with van der Waals surface area (Å²) >= 11 is 0. The molecule has 0 radical (unpaired) electrons. The molecule has 2 aromatic carbocycles. The number of benzene rings is 2. The first kappa shape index (κ1) is 14.3. The molecular formula is C18H20O2. The van der Waals surface area contributed by atoms with Gasteiger partial charge in [0, 0.05) is 6.42 Å². The number of ether oxygens (including phenoxy) is 1. The molecule has 0 aliphatic carbocycles. The predicted octanol–water partition coefficient (Wildman–Crippen LogP) is 4.27. The Balaban J connectivity index is 2.10. The quantitative estimate of drug-likeness (QED) is 0.731. The first-order valence-corrected chi connectivity index (χ1v) is 6.91. The SMILES string of the molecule is Cc1ccc(C(C)CC=O)cc1OCc1ccccc1. The second-order valence-corrected chi connectivity index (χ2v) is 5.10. The lowest BCUT2D eigenvalue weighted by atomic mass is 9.97. The molecule has 2 aromatic rings. The van der Waals surface area contributed by atoms with Gasteiger partial charge in [0.2, 0.25) is 0 Å². The maximum absolute atomic E-state index is 10.6. The third kappa shape index (κ3) is 3.70. The van der Waals surface area contributed by atoms with Crippen LogP contribution >= 0.6 is 0 Å². The first-order valence-electron chi connectivity index (χ1n) is 6.91. The van der Waals surface area contributed by atoms with E-state index in [1.807, 2.05) is 43.3 Å². The van der Waals surface area contributed by atoms with Crippen molar-refractivity contribution in [3.8, 4) is 5.75 Å². The van der Waals surface area contributed by atoms with Gasteiger partial charge in [0.15, 0.2) is 0 Å². The van der Waals surface area contributed by atoms with E-state index in [1.165, 1.54) is 0 Å². The molecule has 0 saturated carbocycles. The highest BCUT2D eigenvalue weighted by molar-refractivity contribution is 5.52. The number of rotatable bonds is 6. The zero-order valence-corrected chi connectivity index (χ0v) is 12.0. The molecule has 104 valence electrons. The number of carbonyl (C=O) groups is 1. The van der Waals surface area contributed by atoms with Crippen molar-refractivity contribution in [2.24, 2.45) is 0 Å². The van der Waals surface area contributed by atoms with Crippen LogP contribution in [0.4, 0.5) is 0 Å². The van der Waals surface area contributed by atoms with Crippen LogP contribution in [0.25, 0.3) is 0 Å². The lowest BCUT2D eigenvalue weighted by molar-refractivity contribution is -0.108. The molecule has 0 aromatic heterocycles. The minimum Gasteiger partial charge on any atom is -0.489 e. The van der Waals surface area contributed by atoms with Crippen molar-refractivity contribution >= 4 is 6.29 Å². The van der Waals surface area contributed by atoms with Crippen LogP contribution in [0.15, 0.2) is 48.5 Å². The Labute approximate surface area is 120 Å². The van der Waals surface area contributed by atoms with Gasteiger partial charge in [-0.05, 0) is 35.6 Å². The molecule has 2 rings (SSSR count). The van der Waals surface area contributed by atoms with E-state index in [0.29, 0.717) is 13.0 Å². The van der Waals surface area contributed by atoms with Crippen molar-refractivity contribution in [1.82, 2.24) is 0 Å². The van der Waals surface area contributed by atoms with Crippen molar-refractivity contribution in [3.05, 3.63) is 65.2 Å². The summed E-state index contributed by atoms with van der Waals surface area (Å²) in [5, 5.41) is 0. The highest BCUT2D eigenvalue weighted by Gasteiger charge is 2.08. The average Bonchev–Trinajstić information content (AvgIpc) is 2.47. The van der Waals surface area contributed by atoms with Gasteiger partial charge < -0.3 is 9.53 Å². The fourth-order valence-corrected chi connectivity index (χ4v) is 2.09. The Morgan fingerprint density at radius 1 is 1.15 bits per heavy atom. The van der Waals surface area contributed by atoms with Crippen LogP contribution in [0, 0.1) is 6.92 Å². The fourth-order valence-electron chi connectivity index (χ4n) is 2.09. The van der Waals surface area contributed by atoms with Crippen molar-refractivity contribution in [2.75, 3.05) is 0 Å². The minimum absolute atomic E-state index is 0.229. The Hall–Kier alpha value is -2.09. The zero-order valence-electron chi connectivity index (χ0n) is 12.0. The molecule has 1 atom stereocenters. The maximum atomic E-state index is 10.6. The van der Waals surface area contributed by atoms with Crippen LogP contribution < -0.4 is 4.74 Å². The van der Waals surface area contributed by atoms with Gasteiger partial charge in [-0.15, -0.1) is 0 Å². The van der Waals surface area contributed by atoms with E-state index in [1.54, 1.807) is 0 Å². The number of aldehydes is 1. The normalized spacial score (nSPS) is 11.9. The summed E-state index contributed by atoms with van der Waals surface area (Å²) in [5.41, 5.74) is 3.41. The molecule has 0 aliphatic heterocycles. The highest BCUT2D eigenvalue weighted by atomic mass is 16.5. The maximum Gasteiger partial charge on any atom is 0.123 e. The lowest BCUT2D eigenvalue weighted by Crippen LogP contribution is -2.00. The molecular weight excluding hydrogens is 248 g/mol. The second-order valence-electron chi connectivity index (χ2n) is 5.10. The van der Waals surface area contributed by atoms with Gasteiger partial charge in [0.1, 0.15) is 18.6 Å². The summed E-state index contributed by atoms with van der Waals surface area (Å²) in [7, 11) is 0. The van der Waals surface area contributed by atoms with Crippen LogP contribution in [0.1, 0.15) is 36.0 Å². The van der Waals surface area contributed by atoms with Gasteiger partial charge in [-0.25, -0.2) is 0 Å². The summed E-state index contributed by atoms with van der Waals surface area (Å²) in [6, 6.07) is 16.3. The molecule has 0 bridgehead atoms. The lowest BCUT2D eigenvalue weighted by Gasteiger charge is -2.14. The van der Waals surface area contributed by atoms with E-state index in [2.05, 4.69) is 19.1 Å². The van der Waals surface area contributed by atoms with Crippen molar-refractivity contribution in [2.45, 2.75) is 32.8 Å². The largest absolute Gasteiger partial charge is 0.489 e. The molecule has 0 saturated heterocycles. The van der Waals surface area contributed by atoms with Crippen LogP contribution in [-0.4, -0.2) is 6.29 Å². The van der Waals surface area contributed by atoms with Crippen molar-refractivity contribution in [1.29, 1.82) is 0 Å². The first-order chi connectivity index (χ1) is 9.70. The molecule has 0 aliphatic rings. The number of hydrogen-bond acceptors (Lipinski definition) is 2. The van der Waals surface area contributed by atoms with E-state index in [-0.39, 0.29) is 5.92 Å². The number of carbonyl (C=O) groups excluding carboxylic acids is 1. The third-order valence-corrected chi connectivity index (χ3v) is 3.47. The molecule has 0 amide bonds. The molecule has 0 heterocycles. The summed E-state index contributed by atoms with van der Waals surface area (Å²) in [6.07, 6.45) is 1.51. The summed E-state index contributed by atoms with van der Waals surface area (Å²) in [6.45, 7) is 4.65. The van der Waals surface area contributed by atoms with Gasteiger partial charge in [0.05, 0.1) is 0 Å². The summed E-state index contributed by atoms with van der Waals surface area (Å²) in [4.78, 5) is 10.6. The smallest absolute Gasteiger partial charge is 0.123 e. The fraction of sp³-hybridized carbons (Fsp3) is 0.278. The van der Waals surface area contributed by atoms with Gasteiger partial charge in [-0.2, -0.15) is 0 Å². The molecule has 2 nitrogen and oxygen atoms in total. The molecule has 0 N–H and O–H groups in total. The Morgan fingerprint density at radius 2 is 1.90 bits per heavy atom. The van der Waals surface area contributed by atoms with Crippen LogP contribution in [0.3, 0.4) is 0 Å².